The van der Waals surface area contributed by atoms with E-state index >= 15 is 0 Å². The first kappa shape index (κ1) is 129. The Hall–Kier alpha value is 1.57. The average molecular weight is 2250 g/mol. The first-order valence-corrected chi connectivity index (χ1v) is 39.6. The minimum Gasteiger partial charge on any atom is -0.358 e. The number of aromatic nitrogens is 10. The molecule has 0 spiro atoms. The van der Waals surface area contributed by atoms with E-state index in [1.54, 1.807) is 103 Å². The summed E-state index contributed by atoms with van der Waals surface area (Å²) in [6.07, 6.45) is 11.0. The van der Waals surface area contributed by atoms with E-state index in [1.807, 2.05) is 30.9 Å². The van der Waals surface area contributed by atoms with Crippen molar-refractivity contribution in [1.82, 2.24) is 49.8 Å². The molecule has 0 fully saturated rings. The second-order valence-corrected chi connectivity index (χ2v) is 32.7. The van der Waals surface area contributed by atoms with Crippen molar-refractivity contribution in [2.24, 2.45) is 0 Å². The quantitative estimate of drug-likeness (QED) is 0.136. The fourth-order valence-corrected chi connectivity index (χ4v) is 16.5. The molecule has 0 aromatic carbocycles. The Labute approximate surface area is 907 Å². The van der Waals surface area contributed by atoms with Gasteiger partial charge in [-0.2, -0.15) is 0 Å². The zero-order valence-electron chi connectivity index (χ0n) is 70.3. The Kier molecular flexibility index (Phi) is 76.2. The standard InChI is InChI=1S/6C10H11NS.2C9H10N2S.8CH3.8Y/c1-7(2)8-3-5-11-9-4-6-12-10(8)9;1-7(2)8-3-5-11-10-9(8)4-6-12-10;1-7(2)8-5-10-9(11-6-8)3-4-12-10;1-7(2)9-5-8-3-4-12-10(8)11-6-9;1-7(2)8-3-4-10-9(11-8)5-6-12-10;1-7(2)9-4-3-8-5-6-12-10(8)11-9;1-6(2)8-9-7(3-4-12-9)10-5-11-8;1-6(2)8-7-3-4-12-9(7)11-5-10-8;;;;;;;;;;;;;;;;/h6*3-7H,1-2H3;2*3-6H,1-2H3;8*1H3;;;;;;;;/q;;;;;;;;8*-1;;;;;;;;. The van der Waals surface area contributed by atoms with E-state index in [9.17, 15) is 0 Å². The van der Waals surface area contributed by atoms with Crippen LogP contribution in [0.5, 0.6) is 0 Å². The van der Waals surface area contributed by atoms with Crippen LogP contribution in [0.2, 0.25) is 0 Å². The third-order valence-corrected chi connectivity index (χ3v) is 22.4. The Bertz CT molecular complexity index is 4410. The van der Waals surface area contributed by atoms with Gasteiger partial charge in [0.25, 0.3) is 0 Å². The smallest absolute Gasteiger partial charge is 0.126 e. The van der Waals surface area contributed by atoms with Crippen molar-refractivity contribution in [3.8, 4) is 0 Å². The van der Waals surface area contributed by atoms with Crippen LogP contribution in [0.1, 0.15) is 203 Å². The summed E-state index contributed by atoms with van der Waals surface area (Å²) in [6, 6.07) is 33.9. The number of hydrogen-bond acceptors (Lipinski definition) is 18. The monoisotopic (exact) mass is 2250 g/mol. The molecule has 0 saturated carbocycles. The van der Waals surface area contributed by atoms with E-state index < -0.39 is 0 Å². The van der Waals surface area contributed by atoms with Crippen molar-refractivity contribution in [2.75, 3.05) is 0 Å². The van der Waals surface area contributed by atoms with Crippen molar-refractivity contribution < 1.29 is 262 Å². The minimum absolute atomic E-state index is 0. The molecule has 0 saturated heterocycles. The Morgan fingerprint density at radius 2 is 0.696 bits per heavy atom. The topological polar surface area (TPSA) is 129 Å². The molecule has 584 valence electrons. The molecule has 26 heteroatoms. The molecular weight excluding hydrogens is 2140 g/mol. The van der Waals surface area contributed by atoms with Gasteiger partial charge in [-0.3, -0.25) is 15.0 Å². The number of hydrogen-bond donors (Lipinski definition) is 0. The Morgan fingerprint density at radius 3 is 1.29 bits per heavy atom. The van der Waals surface area contributed by atoms with Gasteiger partial charge in [-0.1, -0.05) is 117 Å². The summed E-state index contributed by atoms with van der Waals surface area (Å²) < 4.78 is 5.14. The van der Waals surface area contributed by atoms with Crippen molar-refractivity contribution in [2.45, 2.75) is 158 Å². The summed E-state index contributed by atoms with van der Waals surface area (Å²) in [6.45, 7) is 34.9. The number of nitrogens with zero attached hydrogens (tertiary/aromatic N) is 10. The number of fused-ring (bicyclic) bond motifs is 8. The van der Waals surface area contributed by atoms with Crippen LogP contribution in [0.3, 0.4) is 0 Å². The van der Waals surface area contributed by atoms with Crippen molar-refractivity contribution in [1.29, 1.82) is 0 Å². The van der Waals surface area contributed by atoms with Gasteiger partial charge in [-0.15, -0.1) is 90.7 Å². The summed E-state index contributed by atoms with van der Waals surface area (Å²) >= 11 is 13.8. The van der Waals surface area contributed by atoms with Crippen molar-refractivity contribution in [3.63, 3.8) is 0 Å². The molecule has 0 bridgehead atoms. The molecule has 0 amide bonds. The van der Waals surface area contributed by atoms with Gasteiger partial charge in [0.2, 0.25) is 0 Å². The second kappa shape index (κ2) is 66.1. The van der Waals surface area contributed by atoms with Gasteiger partial charge in [0.1, 0.15) is 32.0 Å². The molecule has 0 aliphatic heterocycles. The van der Waals surface area contributed by atoms with Gasteiger partial charge in [-0.25, -0.2) is 34.9 Å². The van der Waals surface area contributed by atoms with E-state index in [0.29, 0.717) is 47.3 Å². The molecule has 16 rings (SSSR count). The van der Waals surface area contributed by atoms with Crippen LogP contribution in [0, 0.1) is 59.4 Å². The van der Waals surface area contributed by atoms with Gasteiger partial charge in [0.05, 0.1) is 52.3 Å². The van der Waals surface area contributed by atoms with E-state index in [2.05, 4.69) is 295 Å². The minimum atomic E-state index is 0. The van der Waals surface area contributed by atoms with E-state index in [4.69, 9.17) is 0 Å². The molecule has 16 aromatic heterocycles. The van der Waals surface area contributed by atoms with Gasteiger partial charge in [0, 0.05) is 319 Å². The molecular formula is C86H110N10S8Y8-8. The largest absolute Gasteiger partial charge is 0.358 e. The van der Waals surface area contributed by atoms with Gasteiger partial charge in [0.15, 0.2) is 0 Å². The summed E-state index contributed by atoms with van der Waals surface area (Å²) in [5.41, 5.74) is 14.6. The maximum atomic E-state index is 4.55. The summed E-state index contributed by atoms with van der Waals surface area (Å²) in [5, 5.41) is 21.7. The van der Waals surface area contributed by atoms with Crippen molar-refractivity contribution in [3.05, 3.63) is 282 Å². The molecule has 0 aliphatic carbocycles. The van der Waals surface area contributed by atoms with Crippen LogP contribution in [-0.2, 0) is 262 Å². The molecule has 0 aliphatic rings. The van der Waals surface area contributed by atoms with Gasteiger partial charge in [-0.05, 0) is 204 Å². The van der Waals surface area contributed by atoms with Gasteiger partial charge < -0.3 is 59.4 Å². The molecule has 0 unspecified atom stereocenters. The normalized spacial score (nSPS) is 9.64. The third kappa shape index (κ3) is 38.0. The number of pyridine rings is 6. The molecule has 8 radical (unpaired) electrons. The molecule has 112 heavy (non-hydrogen) atoms. The fourth-order valence-electron chi connectivity index (χ4n) is 9.98. The zero-order chi connectivity index (χ0) is 68.4. The zero-order valence-corrected chi connectivity index (χ0v) is 99.5. The maximum absolute atomic E-state index is 4.55. The fraction of sp³-hybridized carbons (Fsp3) is 0.279. The van der Waals surface area contributed by atoms with Crippen LogP contribution in [0.4, 0.5) is 0 Å². The molecule has 16 heterocycles. The first-order chi connectivity index (χ1) is 46.2. The second-order valence-electron chi connectivity index (χ2n) is 25.4. The Balaban J connectivity index is -0.000000180. The SMILES string of the molecule is CC(C)c1ccc2ccsc2n1.CC(C)c1ccc2sccc2n1.CC(C)c1ccnc2ccsc12.CC(C)c1ccnc2sccc12.CC(C)c1cnc2ccsc2c1.CC(C)c1cnc2sccc2c1.CC(C)c1ncnc2ccsc12.CC(C)c1ncnc2sccc12.[CH3-].[CH3-].[CH3-].[CH3-].[CH3-].[CH3-].[CH3-].[CH3-].[Y].[Y].[Y].[Y].[Y].[Y].[Y].[Y]. The van der Waals surface area contributed by atoms with Crippen LogP contribution in [-0.4, -0.2) is 49.8 Å². The predicted octanol–water partition coefficient (Wildman–Crippen LogP) is 29.7. The number of thiophene rings is 8. The van der Waals surface area contributed by atoms with Crippen molar-refractivity contribution >= 4 is 172 Å². The third-order valence-electron chi connectivity index (χ3n) is 15.5. The summed E-state index contributed by atoms with van der Waals surface area (Å²) in [7, 11) is 0. The molecule has 16 aromatic rings. The van der Waals surface area contributed by atoms with E-state index in [-0.39, 0.29) is 321 Å². The van der Waals surface area contributed by atoms with Crippen LogP contribution in [0.15, 0.2) is 178 Å². The number of rotatable bonds is 8. The van der Waals surface area contributed by atoms with Crippen LogP contribution >= 0.6 is 90.7 Å². The summed E-state index contributed by atoms with van der Waals surface area (Å²) in [4.78, 5) is 47.9. The maximum Gasteiger partial charge on any atom is 0.126 e. The summed E-state index contributed by atoms with van der Waals surface area (Å²) in [5.74, 6) is 4.33. The van der Waals surface area contributed by atoms with Gasteiger partial charge >= 0.3 is 0 Å². The van der Waals surface area contributed by atoms with Crippen LogP contribution in [0.25, 0.3) is 81.7 Å². The molecule has 0 atom stereocenters. The van der Waals surface area contributed by atoms with E-state index in [1.165, 1.54) is 74.0 Å². The van der Waals surface area contributed by atoms with E-state index in [0.717, 1.165) is 52.8 Å². The molecule has 0 N–H and O–H groups in total. The average Bonchev–Trinajstić information content (AvgIpc) is 1.66. The molecule has 10 nitrogen and oxygen atoms in total. The Morgan fingerprint density at radius 1 is 0.259 bits per heavy atom. The first-order valence-electron chi connectivity index (χ1n) is 32.6. The predicted molar refractivity (Wildman–Crippen MR) is 477 cm³/mol. The van der Waals surface area contributed by atoms with Crippen LogP contribution < -0.4 is 0 Å².